The number of quaternary nitrogens is 1. The van der Waals surface area contributed by atoms with Crippen LogP contribution in [0.3, 0.4) is 0 Å². The van der Waals surface area contributed by atoms with Crippen molar-refractivity contribution in [1.29, 1.82) is 0 Å². The summed E-state index contributed by atoms with van der Waals surface area (Å²) in [4.78, 5) is 25.2. The van der Waals surface area contributed by atoms with Crippen LogP contribution < -0.4 is 12.4 Å². The molecular formula is C38H77ClNO8P. The van der Waals surface area contributed by atoms with Crippen molar-refractivity contribution in [2.75, 3.05) is 54.1 Å². The minimum absolute atomic E-state index is 0. The Bertz CT molecular complexity index is 811. The van der Waals surface area contributed by atoms with Gasteiger partial charge in [0, 0.05) is 12.8 Å². The molecule has 0 aliphatic carbocycles. The lowest BCUT2D eigenvalue weighted by Gasteiger charge is -2.25. The van der Waals surface area contributed by atoms with Crippen LogP contribution in [-0.4, -0.2) is 76.6 Å². The van der Waals surface area contributed by atoms with Crippen molar-refractivity contribution in [3.05, 3.63) is 0 Å². The van der Waals surface area contributed by atoms with E-state index in [9.17, 15) is 14.2 Å². The molecule has 0 fully saturated rings. The number of unbranched alkanes of at least 4 members (excludes halogenated alkanes) is 20. The molecule has 294 valence electrons. The zero-order chi connectivity index (χ0) is 35.8. The molecule has 0 bridgehead atoms. The van der Waals surface area contributed by atoms with Crippen LogP contribution in [0.25, 0.3) is 0 Å². The molecule has 2 atom stereocenters. The number of esters is 2. The van der Waals surface area contributed by atoms with E-state index in [1.54, 1.807) is 6.92 Å². The first kappa shape index (κ1) is 50.4. The normalized spacial score (nSPS) is 13.4. The van der Waals surface area contributed by atoms with Gasteiger partial charge in [-0.25, -0.2) is 4.57 Å². The van der Waals surface area contributed by atoms with Gasteiger partial charge in [-0.05, 0) is 19.8 Å². The third kappa shape index (κ3) is 35.5. The minimum atomic E-state index is -3.88. The number of phosphoric ester groups is 1. The summed E-state index contributed by atoms with van der Waals surface area (Å²) >= 11 is 0. The van der Waals surface area contributed by atoms with E-state index < -0.39 is 13.9 Å². The highest BCUT2D eigenvalue weighted by molar-refractivity contribution is 7.48. The van der Waals surface area contributed by atoms with Gasteiger partial charge in [0.25, 0.3) is 0 Å². The molecule has 2 unspecified atom stereocenters. The van der Waals surface area contributed by atoms with Gasteiger partial charge < -0.3 is 26.4 Å². The van der Waals surface area contributed by atoms with Gasteiger partial charge in [-0.1, -0.05) is 142 Å². The Balaban J connectivity index is 0. The van der Waals surface area contributed by atoms with Gasteiger partial charge in [0.05, 0.1) is 34.4 Å². The first-order valence-corrected chi connectivity index (χ1v) is 21.2. The number of carbonyl (C=O) groups excluding carboxylic acids is 2. The Morgan fingerprint density at radius 3 is 1.37 bits per heavy atom. The van der Waals surface area contributed by atoms with Crippen molar-refractivity contribution >= 4 is 19.8 Å². The summed E-state index contributed by atoms with van der Waals surface area (Å²) in [6.45, 7) is 6.70. The molecule has 49 heavy (non-hydrogen) atoms. The molecule has 0 N–H and O–H groups in total. The van der Waals surface area contributed by atoms with Crippen LogP contribution in [0, 0.1) is 0 Å². The molecule has 11 heteroatoms. The van der Waals surface area contributed by atoms with E-state index in [4.69, 9.17) is 23.0 Å². The zero-order valence-corrected chi connectivity index (χ0v) is 34.3. The van der Waals surface area contributed by atoms with E-state index in [0.717, 1.165) is 38.5 Å². The van der Waals surface area contributed by atoms with E-state index in [-0.39, 0.29) is 57.2 Å². The molecule has 0 aliphatic heterocycles. The summed E-state index contributed by atoms with van der Waals surface area (Å²) in [6, 6.07) is 0. The molecule has 0 aromatic carbocycles. The van der Waals surface area contributed by atoms with Gasteiger partial charge in [-0.15, -0.1) is 0 Å². The van der Waals surface area contributed by atoms with Gasteiger partial charge in [0.15, 0.2) is 6.10 Å². The number of halogens is 1. The summed E-state index contributed by atoms with van der Waals surface area (Å²) in [6.07, 6.45) is 26.1. The van der Waals surface area contributed by atoms with E-state index in [0.29, 0.717) is 17.4 Å². The maximum Gasteiger partial charge on any atom is 0.475 e. The van der Waals surface area contributed by atoms with Crippen LogP contribution in [0.2, 0.25) is 0 Å². The molecule has 0 aromatic heterocycles. The SMILES string of the molecule is CCCCCCCCCCCCCC(=O)OCC(COP(=O)(OCC)OCC[N+](C)(C)C)OC(=O)CCCCCCCCCCCCC.[Cl-]. The van der Waals surface area contributed by atoms with Crippen molar-refractivity contribution in [3.63, 3.8) is 0 Å². The Hall–Kier alpha value is -0.700. The van der Waals surface area contributed by atoms with E-state index in [2.05, 4.69) is 13.8 Å². The fraction of sp³-hybridized carbons (Fsp3) is 0.947. The van der Waals surface area contributed by atoms with Gasteiger partial charge in [0.1, 0.15) is 19.8 Å². The second-order valence-electron chi connectivity index (χ2n) is 14.4. The van der Waals surface area contributed by atoms with E-state index in [1.165, 1.54) is 103 Å². The number of phosphoric acid groups is 1. The number of carbonyl (C=O) groups is 2. The lowest BCUT2D eigenvalue weighted by atomic mass is 10.1. The summed E-state index contributed by atoms with van der Waals surface area (Å²) in [5.41, 5.74) is 0. The largest absolute Gasteiger partial charge is 1.00 e. The molecule has 0 amide bonds. The third-order valence-corrected chi connectivity index (χ3v) is 9.95. The monoisotopic (exact) mass is 742 g/mol. The van der Waals surface area contributed by atoms with Crippen LogP contribution in [0.4, 0.5) is 0 Å². The maximum absolute atomic E-state index is 13.2. The van der Waals surface area contributed by atoms with Crippen LogP contribution in [-0.2, 0) is 37.2 Å². The number of nitrogens with zero attached hydrogens (tertiary/aromatic N) is 1. The van der Waals surface area contributed by atoms with Crippen molar-refractivity contribution < 1.29 is 54.1 Å². The molecule has 0 rings (SSSR count). The Morgan fingerprint density at radius 2 is 0.959 bits per heavy atom. The molecular weight excluding hydrogens is 665 g/mol. The second kappa shape index (κ2) is 34.4. The third-order valence-electron chi connectivity index (χ3n) is 8.41. The molecule has 0 radical (unpaired) electrons. The minimum Gasteiger partial charge on any atom is -1.00 e. The van der Waals surface area contributed by atoms with Crippen LogP contribution in [0.5, 0.6) is 0 Å². The summed E-state index contributed by atoms with van der Waals surface area (Å²) in [7, 11) is 2.14. The summed E-state index contributed by atoms with van der Waals surface area (Å²) in [5.74, 6) is -0.706. The highest BCUT2D eigenvalue weighted by atomic mass is 35.5. The average Bonchev–Trinajstić information content (AvgIpc) is 3.03. The van der Waals surface area contributed by atoms with Gasteiger partial charge >= 0.3 is 19.8 Å². The number of likely N-dealkylation sites (N-methyl/N-ethyl adjacent to an activating group) is 1. The van der Waals surface area contributed by atoms with Crippen molar-refractivity contribution in [2.24, 2.45) is 0 Å². The first-order valence-electron chi connectivity index (χ1n) is 19.7. The number of rotatable bonds is 36. The molecule has 0 aromatic rings. The Morgan fingerprint density at radius 1 is 0.551 bits per heavy atom. The van der Waals surface area contributed by atoms with E-state index in [1.807, 2.05) is 21.1 Å². The van der Waals surface area contributed by atoms with Crippen molar-refractivity contribution in [3.8, 4) is 0 Å². The summed E-state index contributed by atoms with van der Waals surface area (Å²) < 4.78 is 41.5. The fourth-order valence-electron chi connectivity index (χ4n) is 5.36. The first-order chi connectivity index (χ1) is 23.0. The lowest BCUT2D eigenvalue weighted by molar-refractivity contribution is -0.870. The fourth-order valence-corrected chi connectivity index (χ4v) is 6.55. The van der Waals surface area contributed by atoms with E-state index >= 15 is 0 Å². The molecule has 9 nitrogen and oxygen atoms in total. The van der Waals surface area contributed by atoms with Crippen LogP contribution in [0.1, 0.15) is 175 Å². The number of hydrogen-bond acceptors (Lipinski definition) is 8. The smallest absolute Gasteiger partial charge is 0.475 e. The van der Waals surface area contributed by atoms with Crippen LogP contribution >= 0.6 is 7.82 Å². The van der Waals surface area contributed by atoms with Crippen molar-refractivity contribution in [2.45, 2.75) is 181 Å². The number of ether oxygens (including phenoxy) is 2. The molecule has 0 saturated heterocycles. The standard InChI is InChI=1S/C38H77NO8P.ClH/c1-7-10-12-14-16-18-20-22-24-26-28-30-37(40)43-34-36(35-46-48(42,44-9-3)45-33-32-39(4,5)6)47-38(41)31-29-27-25-23-21-19-17-15-13-11-8-2;/h36H,7-35H2,1-6H3;1H/q+1;/p-1. The molecule has 0 spiro atoms. The predicted octanol–water partition coefficient (Wildman–Crippen LogP) is 7.73. The molecule has 0 saturated carbocycles. The highest BCUT2D eigenvalue weighted by Gasteiger charge is 2.30. The van der Waals surface area contributed by atoms with Crippen LogP contribution in [0.15, 0.2) is 0 Å². The van der Waals surface area contributed by atoms with Gasteiger partial charge in [-0.2, -0.15) is 0 Å². The van der Waals surface area contributed by atoms with Gasteiger partial charge in [0.2, 0.25) is 0 Å². The van der Waals surface area contributed by atoms with Gasteiger partial charge in [-0.3, -0.25) is 23.2 Å². The topological polar surface area (TPSA) is 97.4 Å². The Labute approximate surface area is 308 Å². The lowest BCUT2D eigenvalue weighted by Crippen LogP contribution is -3.00. The summed E-state index contributed by atoms with van der Waals surface area (Å²) in [5, 5.41) is 0. The second-order valence-corrected chi connectivity index (χ2v) is 16.0. The molecule has 0 aliphatic rings. The predicted molar refractivity (Wildman–Crippen MR) is 197 cm³/mol. The van der Waals surface area contributed by atoms with Crippen molar-refractivity contribution in [1.82, 2.24) is 0 Å². The average molecular weight is 742 g/mol. The molecule has 0 heterocycles. The highest BCUT2D eigenvalue weighted by Crippen LogP contribution is 2.49. The Kier molecular flexibility index (Phi) is 35.4. The quantitative estimate of drug-likeness (QED) is 0.0279. The zero-order valence-electron chi connectivity index (χ0n) is 32.6. The maximum atomic E-state index is 13.2. The number of hydrogen-bond donors (Lipinski definition) is 0.